The van der Waals surface area contributed by atoms with E-state index in [0.717, 1.165) is 13.0 Å². The first-order chi connectivity index (χ1) is 11.5. The van der Waals surface area contributed by atoms with Gasteiger partial charge in [0.05, 0.1) is 5.56 Å². The third kappa shape index (κ3) is 2.38. The Kier molecular flexibility index (Phi) is 4.96. The van der Waals surface area contributed by atoms with E-state index in [1.54, 1.807) is 0 Å². The molecule has 1 heterocycles. The third-order valence-electron chi connectivity index (χ3n) is 4.91. The van der Waals surface area contributed by atoms with E-state index in [9.17, 15) is 29.4 Å². The van der Waals surface area contributed by atoms with Crippen LogP contribution in [0.15, 0.2) is 11.8 Å². The van der Waals surface area contributed by atoms with Gasteiger partial charge in [-0.3, -0.25) is 19.2 Å². The molecule has 26 heavy (non-hydrogen) atoms. The number of benzene rings is 1. The van der Waals surface area contributed by atoms with Crippen LogP contribution in [0.1, 0.15) is 42.3 Å². The number of aromatic hydroxyl groups is 2. The molecule has 0 saturated carbocycles. The van der Waals surface area contributed by atoms with Gasteiger partial charge in [-0.2, -0.15) is 0 Å². The van der Waals surface area contributed by atoms with Crippen LogP contribution in [0.3, 0.4) is 0 Å². The van der Waals surface area contributed by atoms with Crippen molar-refractivity contribution in [2.75, 3.05) is 0 Å². The standard InChI is InChI=1S/C18H16O7.Na/c1-6-14(22)12(8(3)20)16-13(15(6)23)18(4)10(25-16)5-9(21)11(7(2)19)17(18)24;/h5,11,22-23H,1-4H3;/t11?,18-;/m0./s1. The van der Waals surface area contributed by atoms with Gasteiger partial charge in [0.1, 0.15) is 45.7 Å². The summed E-state index contributed by atoms with van der Waals surface area (Å²) in [6.07, 6.45) is 1.04. The molecule has 1 aliphatic carbocycles. The van der Waals surface area contributed by atoms with E-state index in [-0.39, 0.29) is 57.8 Å². The fourth-order valence-corrected chi connectivity index (χ4v) is 3.49. The van der Waals surface area contributed by atoms with Crippen LogP contribution < -0.4 is 4.74 Å². The third-order valence-corrected chi connectivity index (χ3v) is 4.91. The maximum absolute atomic E-state index is 13.0. The van der Waals surface area contributed by atoms with Crippen molar-refractivity contribution in [1.82, 2.24) is 0 Å². The molecule has 3 rings (SSSR count). The zero-order valence-corrected chi connectivity index (χ0v) is 17.1. The summed E-state index contributed by atoms with van der Waals surface area (Å²) in [5.41, 5.74) is -1.77. The number of rotatable bonds is 2. The molecule has 0 bridgehead atoms. The molecule has 0 amide bonds. The molecular formula is C18H16NaO7. The Morgan fingerprint density at radius 2 is 1.73 bits per heavy atom. The molecule has 8 heteroatoms. The van der Waals surface area contributed by atoms with Crippen LogP contribution in [-0.4, -0.2) is 62.9 Å². The summed E-state index contributed by atoms with van der Waals surface area (Å²) in [7, 11) is 0. The first-order valence-electron chi connectivity index (χ1n) is 7.62. The number of hydrogen-bond acceptors (Lipinski definition) is 7. The minimum atomic E-state index is -1.59. The summed E-state index contributed by atoms with van der Waals surface area (Å²) < 4.78 is 5.56. The molecule has 7 nitrogen and oxygen atoms in total. The van der Waals surface area contributed by atoms with Crippen LogP contribution in [0, 0.1) is 12.8 Å². The average Bonchev–Trinajstić information content (AvgIpc) is 2.78. The fourth-order valence-electron chi connectivity index (χ4n) is 3.49. The number of allylic oxidation sites excluding steroid dienone is 2. The average molecular weight is 367 g/mol. The van der Waals surface area contributed by atoms with Crippen molar-refractivity contribution in [3.63, 3.8) is 0 Å². The number of hydrogen-bond donors (Lipinski definition) is 2. The van der Waals surface area contributed by atoms with Crippen LogP contribution in [0.2, 0.25) is 0 Å². The molecule has 0 aromatic heterocycles. The van der Waals surface area contributed by atoms with E-state index in [4.69, 9.17) is 4.74 Å². The SMILES string of the molecule is CC(=O)c1c(O)c(C)c(O)c2c1OC1=CC(=O)C(C(C)=O)C(=O)[C@@]12C.[Na]. The van der Waals surface area contributed by atoms with Gasteiger partial charge in [0.25, 0.3) is 0 Å². The number of fused-ring (bicyclic) bond motifs is 3. The van der Waals surface area contributed by atoms with Crippen LogP contribution in [0.25, 0.3) is 0 Å². The molecule has 131 valence electrons. The Morgan fingerprint density at radius 1 is 1.15 bits per heavy atom. The van der Waals surface area contributed by atoms with Gasteiger partial charge < -0.3 is 14.9 Å². The Bertz CT molecular complexity index is 928. The predicted molar refractivity (Wildman–Crippen MR) is 90.5 cm³/mol. The van der Waals surface area contributed by atoms with Crippen LogP contribution in [0.4, 0.5) is 0 Å². The van der Waals surface area contributed by atoms with Crippen molar-refractivity contribution in [1.29, 1.82) is 0 Å². The molecule has 1 aromatic carbocycles. The molecule has 1 aromatic rings. The molecule has 1 unspecified atom stereocenters. The van der Waals surface area contributed by atoms with E-state index >= 15 is 0 Å². The van der Waals surface area contributed by atoms with Crippen molar-refractivity contribution in [3.8, 4) is 17.2 Å². The summed E-state index contributed by atoms with van der Waals surface area (Å²) in [5, 5.41) is 20.7. The maximum atomic E-state index is 13.0. The maximum Gasteiger partial charge on any atom is 0.177 e. The first-order valence-corrected chi connectivity index (χ1v) is 7.62. The van der Waals surface area contributed by atoms with Crippen molar-refractivity contribution in [2.24, 2.45) is 5.92 Å². The van der Waals surface area contributed by atoms with E-state index in [0.29, 0.717) is 0 Å². The van der Waals surface area contributed by atoms with Crippen LogP contribution >= 0.6 is 0 Å². The van der Waals surface area contributed by atoms with Crippen LogP contribution in [-0.2, 0) is 19.8 Å². The van der Waals surface area contributed by atoms with Crippen molar-refractivity contribution in [2.45, 2.75) is 33.1 Å². The summed E-state index contributed by atoms with van der Waals surface area (Å²) in [5.74, 6) is -5.15. The number of ether oxygens (including phenoxy) is 1. The molecule has 0 fully saturated rings. The molecule has 2 N–H and O–H groups in total. The Balaban J connectivity index is 0.00000243. The van der Waals surface area contributed by atoms with Gasteiger partial charge in [0, 0.05) is 41.2 Å². The van der Waals surface area contributed by atoms with Gasteiger partial charge in [-0.25, -0.2) is 0 Å². The van der Waals surface area contributed by atoms with E-state index in [1.807, 2.05) is 0 Å². The largest absolute Gasteiger partial charge is 0.507 e. The van der Waals surface area contributed by atoms with Gasteiger partial charge in [-0.15, -0.1) is 0 Å². The zero-order chi connectivity index (χ0) is 18.8. The quantitative estimate of drug-likeness (QED) is 0.457. The monoisotopic (exact) mass is 367 g/mol. The number of phenols is 2. The smallest absolute Gasteiger partial charge is 0.177 e. The van der Waals surface area contributed by atoms with Crippen molar-refractivity contribution < 1.29 is 34.1 Å². The van der Waals surface area contributed by atoms with Crippen molar-refractivity contribution in [3.05, 3.63) is 28.5 Å². The molecule has 0 spiro atoms. The summed E-state index contributed by atoms with van der Waals surface area (Å²) in [6.45, 7) is 5.17. The number of carbonyl (C=O) groups excluding carboxylic acids is 4. The topological polar surface area (TPSA) is 118 Å². The predicted octanol–water partition coefficient (Wildman–Crippen LogP) is 1.12. The van der Waals surface area contributed by atoms with E-state index in [1.165, 1.54) is 20.8 Å². The second-order valence-corrected chi connectivity index (χ2v) is 6.50. The van der Waals surface area contributed by atoms with Gasteiger partial charge in [-0.1, -0.05) is 0 Å². The summed E-state index contributed by atoms with van der Waals surface area (Å²) >= 11 is 0. The van der Waals surface area contributed by atoms with Crippen LogP contribution in [0.5, 0.6) is 17.2 Å². The minimum Gasteiger partial charge on any atom is -0.507 e. The van der Waals surface area contributed by atoms with Crippen molar-refractivity contribution >= 4 is 52.7 Å². The van der Waals surface area contributed by atoms with E-state index < -0.39 is 46.0 Å². The molecule has 1 aliphatic heterocycles. The molecule has 1 radical (unpaired) electrons. The second-order valence-electron chi connectivity index (χ2n) is 6.50. The minimum absolute atomic E-state index is 0. The zero-order valence-electron chi connectivity index (χ0n) is 15.1. The fraction of sp³-hybridized carbons (Fsp3) is 0.333. The summed E-state index contributed by atoms with van der Waals surface area (Å²) in [6, 6.07) is 0. The number of Topliss-reactive ketones (excluding diaryl/α,β-unsaturated/α-hetero) is 3. The molecule has 2 aliphatic rings. The second kappa shape index (κ2) is 6.33. The molecule has 2 atom stereocenters. The Hall–Kier alpha value is -1.96. The molecule has 0 saturated heterocycles. The van der Waals surface area contributed by atoms with E-state index in [2.05, 4.69) is 0 Å². The van der Waals surface area contributed by atoms with Gasteiger partial charge in [0.2, 0.25) is 0 Å². The first kappa shape index (κ1) is 20.4. The van der Waals surface area contributed by atoms with Gasteiger partial charge >= 0.3 is 0 Å². The molecular weight excluding hydrogens is 351 g/mol. The van der Waals surface area contributed by atoms with Gasteiger partial charge in [-0.05, 0) is 27.7 Å². The Labute approximate surface area is 171 Å². The summed E-state index contributed by atoms with van der Waals surface area (Å²) in [4.78, 5) is 48.8. The number of carbonyl (C=O) groups is 4. The number of phenolic OH excluding ortho intramolecular Hbond substituents is 2. The van der Waals surface area contributed by atoms with Gasteiger partial charge in [0.15, 0.2) is 17.3 Å². The normalized spacial score (nSPS) is 23.4. The number of ketones is 4. The Morgan fingerprint density at radius 3 is 2.23 bits per heavy atom.